The van der Waals surface area contributed by atoms with E-state index in [2.05, 4.69) is 15.6 Å². The number of nitrogens with one attached hydrogen (secondary N) is 2. The highest BCUT2D eigenvalue weighted by molar-refractivity contribution is 5.85. The minimum atomic E-state index is -0.390. The van der Waals surface area contributed by atoms with E-state index in [1.165, 1.54) is 12.1 Å². The van der Waals surface area contributed by atoms with E-state index in [9.17, 15) is 9.18 Å². The van der Waals surface area contributed by atoms with Gasteiger partial charge in [-0.2, -0.15) is 0 Å². The van der Waals surface area contributed by atoms with Crippen molar-refractivity contribution in [3.05, 3.63) is 59.7 Å². The molecule has 2 N–H and O–H groups in total. The van der Waals surface area contributed by atoms with Gasteiger partial charge in [0.05, 0.1) is 0 Å². The number of halogens is 1. The Kier molecular flexibility index (Phi) is 4.97. The Bertz CT molecular complexity index is 874. The van der Waals surface area contributed by atoms with Crippen LogP contribution in [-0.2, 0) is 11.2 Å². The Labute approximate surface area is 145 Å². The topological polar surface area (TPSA) is 67.2 Å². The summed E-state index contributed by atoms with van der Waals surface area (Å²) in [6.07, 6.45) is 0.656. The number of hydrogen-bond acceptors (Lipinski definition) is 4. The van der Waals surface area contributed by atoms with Gasteiger partial charge in [-0.15, -0.1) is 0 Å². The number of anilines is 1. The second kappa shape index (κ2) is 7.34. The number of hydrogen-bond donors (Lipinski definition) is 2. The third kappa shape index (κ3) is 4.35. The van der Waals surface area contributed by atoms with Crippen molar-refractivity contribution in [1.29, 1.82) is 0 Å². The van der Waals surface area contributed by atoms with Gasteiger partial charge in [-0.1, -0.05) is 12.1 Å². The summed E-state index contributed by atoms with van der Waals surface area (Å²) in [6.45, 7) is 4.09. The van der Waals surface area contributed by atoms with Gasteiger partial charge in [0.1, 0.15) is 17.4 Å². The molecule has 0 aliphatic carbocycles. The molecule has 0 bridgehead atoms. The standard InChI is InChI=1S/C19H20FN3O2/c1-12(19(24)21-10-9-14-3-5-15(20)6-4-14)22-16-7-8-18-17(11-16)23-13(2)25-18/h3-8,11-12,22H,9-10H2,1-2H3,(H,21,24). The Morgan fingerprint density at radius 1 is 1.24 bits per heavy atom. The molecule has 0 aliphatic rings. The van der Waals surface area contributed by atoms with Crippen molar-refractivity contribution in [3.8, 4) is 0 Å². The van der Waals surface area contributed by atoms with E-state index in [1.54, 1.807) is 26.0 Å². The number of carbonyl (C=O) groups is 1. The van der Waals surface area contributed by atoms with Gasteiger partial charge in [-0.05, 0) is 49.2 Å². The first kappa shape index (κ1) is 17.0. The summed E-state index contributed by atoms with van der Waals surface area (Å²) in [7, 11) is 0. The number of benzene rings is 2. The minimum absolute atomic E-state index is 0.0986. The maximum Gasteiger partial charge on any atom is 0.242 e. The summed E-state index contributed by atoms with van der Waals surface area (Å²) in [4.78, 5) is 16.5. The van der Waals surface area contributed by atoms with Crippen LogP contribution < -0.4 is 10.6 Å². The first-order valence-corrected chi connectivity index (χ1v) is 8.17. The lowest BCUT2D eigenvalue weighted by molar-refractivity contribution is -0.121. The molecule has 3 aromatic rings. The van der Waals surface area contributed by atoms with E-state index in [-0.39, 0.29) is 11.7 Å². The van der Waals surface area contributed by atoms with Gasteiger partial charge in [-0.25, -0.2) is 9.37 Å². The summed E-state index contributed by atoms with van der Waals surface area (Å²) in [6, 6.07) is 11.4. The van der Waals surface area contributed by atoms with E-state index in [4.69, 9.17) is 4.42 Å². The molecule has 1 amide bonds. The fourth-order valence-corrected chi connectivity index (χ4v) is 2.58. The molecular formula is C19H20FN3O2. The highest BCUT2D eigenvalue weighted by Crippen LogP contribution is 2.20. The zero-order valence-corrected chi connectivity index (χ0v) is 14.2. The summed E-state index contributed by atoms with van der Waals surface area (Å²) in [5, 5.41) is 6.03. The normalized spacial score (nSPS) is 12.1. The number of nitrogens with zero attached hydrogens (tertiary/aromatic N) is 1. The highest BCUT2D eigenvalue weighted by Gasteiger charge is 2.13. The smallest absolute Gasteiger partial charge is 0.242 e. The number of rotatable bonds is 6. The summed E-state index contributed by atoms with van der Waals surface area (Å²) in [5.74, 6) is 0.252. The average molecular weight is 341 g/mol. The van der Waals surface area contributed by atoms with Gasteiger partial charge < -0.3 is 15.1 Å². The molecule has 25 heavy (non-hydrogen) atoms. The minimum Gasteiger partial charge on any atom is -0.441 e. The molecule has 0 radical (unpaired) electrons. The fourth-order valence-electron chi connectivity index (χ4n) is 2.58. The van der Waals surface area contributed by atoms with Gasteiger partial charge in [0.2, 0.25) is 5.91 Å². The molecule has 1 aromatic heterocycles. The van der Waals surface area contributed by atoms with E-state index >= 15 is 0 Å². The number of fused-ring (bicyclic) bond motifs is 1. The van der Waals surface area contributed by atoms with E-state index in [0.717, 1.165) is 22.4 Å². The molecule has 0 fully saturated rings. The highest BCUT2D eigenvalue weighted by atomic mass is 19.1. The van der Waals surface area contributed by atoms with Crippen molar-refractivity contribution in [2.45, 2.75) is 26.3 Å². The molecule has 0 saturated heterocycles. The first-order valence-electron chi connectivity index (χ1n) is 8.17. The quantitative estimate of drug-likeness (QED) is 0.721. The van der Waals surface area contributed by atoms with Crippen molar-refractivity contribution in [3.63, 3.8) is 0 Å². The molecule has 130 valence electrons. The Hall–Kier alpha value is -2.89. The lowest BCUT2D eigenvalue weighted by Gasteiger charge is -2.15. The molecule has 0 aliphatic heterocycles. The molecule has 2 aromatic carbocycles. The van der Waals surface area contributed by atoms with Crippen molar-refractivity contribution in [1.82, 2.24) is 10.3 Å². The lowest BCUT2D eigenvalue weighted by Crippen LogP contribution is -2.38. The van der Waals surface area contributed by atoms with Gasteiger partial charge in [-0.3, -0.25) is 4.79 Å². The molecule has 6 heteroatoms. The van der Waals surface area contributed by atoms with Gasteiger partial charge in [0, 0.05) is 19.2 Å². The Morgan fingerprint density at radius 3 is 2.76 bits per heavy atom. The van der Waals surface area contributed by atoms with Crippen LogP contribution in [0.25, 0.3) is 11.1 Å². The zero-order valence-electron chi connectivity index (χ0n) is 14.2. The van der Waals surface area contributed by atoms with Crippen LogP contribution in [0.5, 0.6) is 0 Å². The summed E-state index contributed by atoms with van der Waals surface area (Å²) < 4.78 is 18.3. The maximum absolute atomic E-state index is 12.9. The molecule has 1 heterocycles. The number of aryl methyl sites for hydroxylation is 1. The van der Waals surface area contributed by atoms with Gasteiger partial charge in [0.25, 0.3) is 0 Å². The average Bonchev–Trinajstić information content (AvgIpc) is 2.95. The van der Waals surface area contributed by atoms with E-state index in [0.29, 0.717) is 18.9 Å². The second-order valence-electron chi connectivity index (χ2n) is 5.95. The summed E-state index contributed by atoms with van der Waals surface area (Å²) in [5.41, 5.74) is 3.27. The molecule has 1 unspecified atom stereocenters. The maximum atomic E-state index is 12.9. The largest absolute Gasteiger partial charge is 0.441 e. The molecule has 5 nitrogen and oxygen atoms in total. The van der Waals surface area contributed by atoms with Crippen molar-refractivity contribution in [2.24, 2.45) is 0 Å². The fraction of sp³-hybridized carbons (Fsp3) is 0.263. The van der Waals surface area contributed by atoms with Crippen LogP contribution in [0.2, 0.25) is 0 Å². The molecule has 3 rings (SSSR count). The van der Waals surface area contributed by atoms with E-state index in [1.807, 2.05) is 18.2 Å². The summed E-state index contributed by atoms with van der Waals surface area (Å²) >= 11 is 0. The third-order valence-corrected chi connectivity index (χ3v) is 3.90. The van der Waals surface area contributed by atoms with Gasteiger partial charge >= 0.3 is 0 Å². The van der Waals surface area contributed by atoms with Crippen LogP contribution >= 0.6 is 0 Å². The predicted molar refractivity (Wildman–Crippen MR) is 94.9 cm³/mol. The van der Waals surface area contributed by atoms with Crippen LogP contribution in [-0.4, -0.2) is 23.5 Å². The molecular weight excluding hydrogens is 321 g/mol. The SMILES string of the molecule is Cc1nc2cc(NC(C)C(=O)NCCc3ccc(F)cc3)ccc2o1. The van der Waals surface area contributed by atoms with Crippen LogP contribution in [0.15, 0.2) is 46.9 Å². The molecule has 1 atom stereocenters. The van der Waals surface area contributed by atoms with Crippen LogP contribution in [0, 0.1) is 12.7 Å². The van der Waals surface area contributed by atoms with Crippen LogP contribution in [0.1, 0.15) is 18.4 Å². The Balaban J connectivity index is 1.51. The van der Waals surface area contributed by atoms with Crippen LogP contribution in [0.3, 0.4) is 0 Å². The predicted octanol–water partition coefficient (Wildman–Crippen LogP) is 3.43. The first-order chi connectivity index (χ1) is 12.0. The lowest BCUT2D eigenvalue weighted by atomic mass is 10.1. The van der Waals surface area contributed by atoms with Crippen molar-refractivity contribution >= 4 is 22.7 Å². The monoisotopic (exact) mass is 341 g/mol. The zero-order chi connectivity index (χ0) is 17.8. The number of aromatic nitrogens is 1. The van der Waals surface area contributed by atoms with Gasteiger partial charge in [0.15, 0.2) is 11.5 Å². The Morgan fingerprint density at radius 2 is 2.00 bits per heavy atom. The third-order valence-electron chi connectivity index (χ3n) is 3.90. The molecule has 0 spiro atoms. The number of carbonyl (C=O) groups excluding carboxylic acids is 1. The number of amides is 1. The van der Waals surface area contributed by atoms with Crippen molar-refractivity contribution in [2.75, 3.05) is 11.9 Å². The second-order valence-corrected chi connectivity index (χ2v) is 5.95. The number of oxazole rings is 1. The molecule has 0 saturated carbocycles. The van der Waals surface area contributed by atoms with Crippen LogP contribution in [0.4, 0.5) is 10.1 Å². The van der Waals surface area contributed by atoms with Crippen molar-refractivity contribution < 1.29 is 13.6 Å². The van der Waals surface area contributed by atoms with E-state index < -0.39 is 6.04 Å².